The minimum absolute atomic E-state index is 0.893. The minimum atomic E-state index is 0.893. The van der Waals surface area contributed by atoms with Crippen LogP contribution in [0.3, 0.4) is 0 Å². The molecule has 0 aliphatic carbocycles. The van der Waals surface area contributed by atoms with Gasteiger partial charge in [-0.15, -0.1) is 0 Å². The highest BCUT2D eigenvalue weighted by Gasteiger charge is 2.10. The molecule has 0 radical (unpaired) electrons. The first-order chi connectivity index (χ1) is 10.2. The van der Waals surface area contributed by atoms with Crippen LogP contribution in [0.5, 0.6) is 0 Å². The van der Waals surface area contributed by atoms with Crippen LogP contribution in [0.25, 0.3) is 10.9 Å². The highest BCUT2D eigenvalue weighted by Crippen LogP contribution is 2.24. The molecule has 110 valence electrons. The van der Waals surface area contributed by atoms with E-state index in [-0.39, 0.29) is 0 Å². The maximum absolute atomic E-state index is 4.40. The number of aromatic nitrogens is 3. The van der Waals surface area contributed by atoms with Crippen molar-refractivity contribution in [3.8, 4) is 0 Å². The van der Waals surface area contributed by atoms with E-state index in [1.54, 1.807) is 0 Å². The van der Waals surface area contributed by atoms with Crippen LogP contribution in [0.2, 0.25) is 0 Å². The molecule has 0 unspecified atom stereocenters. The molecule has 0 spiro atoms. The van der Waals surface area contributed by atoms with Crippen LogP contribution in [0.15, 0.2) is 36.5 Å². The summed E-state index contributed by atoms with van der Waals surface area (Å²) >= 11 is 0. The standard InChI is InChI=1S/C17H22N4/c1-13-15-6-4-5-7-16(15)21(3)17(13)12-18-10-8-14-9-11-20(2)19-14/h4-7,9,11,18H,8,10,12H2,1-3H3. The smallest absolute Gasteiger partial charge is 0.0637 e. The van der Waals surface area contributed by atoms with Crippen LogP contribution in [0.1, 0.15) is 17.0 Å². The summed E-state index contributed by atoms with van der Waals surface area (Å²) < 4.78 is 4.14. The predicted octanol–water partition coefficient (Wildman–Crippen LogP) is 2.55. The van der Waals surface area contributed by atoms with Crippen LogP contribution in [0.4, 0.5) is 0 Å². The molecule has 0 amide bonds. The largest absolute Gasteiger partial charge is 0.346 e. The molecule has 1 N–H and O–H groups in total. The number of aryl methyl sites for hydroxylation is 3. The summed E-state index contributed by atoms with van der Waals surface area (Å²) in [6.07, 6.45) is 2.95. The number of hydrogen-bond donors (Lipinski definition) is 1. The molecule has 3 rings (SSSR count). The third kappa shape index (κ3) is 2.72. The summed E-state index contributed by atoms with van der Waals surface area (Å²) in [5, 5.41) is 9.28. The molecule has 2 heterocycles. The maximum Gasteiger partial charge on any atom is 0.0637 e. The number of fused-ring (bicyclic) bond motifs is 1. The van der Waals surface area contributed by atoms with Crippen LogP contribution in [-0.2, 0) is 27.1 Å². The number of nitrogens with zero attached hydrogens (tertiary/aromatic N) is 3. The number of hydrogen-bond acceptors (Lipinski definition) is 2. The molecule has 4 heteroatoms. The lowest BCUT2D eigenvalue weighted by Crippen LogP contribution is -2.19. The predicted molar refractivity (Wildman–Crippen MR) is 86.3 cm³/mol. The van der Waals surface area contributed by atoms with E-state index in [1.165, 1.54) is 22.2 Å². The molecule has 0 bridgehead atoms. The van der Waals surface area contributed by atoms with E-state index in [0.29, 0.717) is 0 Å². The first kappa shape index (κ1) is 13.9. The molecule has 4 nitrogen and oxygen atoms in total. The zero-order valence-electron chi connectivity index (χ0n) is 12.9. The van der Waals surface area contributed by atoms with Gasteiger partial charge in [0.2, 0.25) is 0 Å². The van der Waals surface area contributed by atoms with Crippen molar-refractivity contribution in [3.05, 3.63) is 53.5 Å². The summed E-state index contributed by atoms with van der Waals surface area (Å²) in [6.45, 7) is 4.04. The molecule has 0 saturated carbocycles. The second kappa shape index (κ2) is 5.74. The summed E-state index contributed by atoms with van der Waals surface area (Å²) in [7, 11) is 4.10. The first-order valence-corrected chi connectivity index (χ1v) is 7.39. The zero-order chi connectivity index (χ0) is 14.8. The van der Waals surface area contributed by atoms with Crippen molar-refractivity contribution in [1.82, 2.24) is 19.7 Å². The lowest BCUT2D eigenvalue weighted by atomic mass is 10.1. The van der Waals surface area contributed by atoms with Gasteiger partial charge in [-0.3, -0.25) is 4.68 Å². The molecule has 0 atom stereocenters. The van der Waals surface area contributed by atoms with Crippen molar-refractivity contribution in [2.24, 2.45) is 14.1 Å². The Morgan fingerprint density at radius 1 is 1.14 bits per heavy atom. The number of para-hydroxylation sites is 1. The monoisotopic (exact) mass is 282 g/mol. The van der Waals surface area contributed by atoms with Crippen molar-refractivity contribution in [3.63, 3.8) is 0 Å². The van der Waals surface area contributed by atoms with Gasteiger partial charge < -0.3 is 9.88 Å². The van der Waals surface area contributed by atoms with Gasteiger partial charge in [0.05, 0.1) is 5.69 Å². The molecule has 21 heavy (non-hydrogen) atoms. The van der Waals surface area contributed by atoms with Gasteiger partial charge in [-0.1, -0.05) is 18.2 Å². The van der Waals surface area contributed by atoms with E-state index in [2.05, 4.69) is 59.3 Å². The summed E-state index contributed by atoms with van der Waals surface area (Å²) in [5.74, 6) is 0. The molecule has 3 aromatic rings. The number of rotatable bonds is 5. The van der Waals surface area contributed by atoms with Gasteiger partial charge in [0.1, 0.15) is 0 Å². The van der Waals surface area contributed by atoms with Crippen molar-refractivity contribution >= 4 is 10.9 Å². The zero-order valence-corrected chi connectivity index (χ0v) is 12.9. The molecule has 0 fully saturated rings. The normalized spacial score (nSPS) is 11.4. The fourth-order valence-electron chi connectivity index (χ4n) is 2.91. The van der Waals surface area contributed by atoms with Gasteiger partial charge in [-0.2, -0.15) is 5.10 Å². The Hall–Kier alpha value is -2.07. The second-order valence-corrected chi connectivity index (χ2v) is 5.56. The van der Waals surface area contributed by atoms with Crippen molar-refractivity contribution < 1.29 is 0 Å². The Kier molecular flexibility index (Phi) is 3.80. The highest BCUT2D eigenvalue weighted by atomic mass is 15.2. The van der Waals surface area contributed by atoms with E-state index in [0.717, 1.165) is 25.2 Å². The van der Waals surface area contributed by atoms with Gasteiger partial charge in [-0.25, -0.2) is 0 Å². The molecular weight excluding hydrogens is 260 g/mol. The van der Waals surface area contributed by atoms with E-state index < -0.39 is 0 Å². The van der Waals surface area contributed by atoms with E-state index in [9.17, 15) is 0 Å². The molecule has 0 aliphatic heterocycles. The number of benzene rings is 1. The van der Waals surface area contributed by atoms with Crippen molar-refractivity contribution in [1.29, 1.82) is 0 Å². The van der Waals surface area contributed by atoms with Crippen LogP contribution in [-0.4, -0.2) is 20.9 Å². The summed E-state index contributed by atoms with van der Waals surface area (Å²) in [5.41, 5.74) is 5.17. The lowest BCUT2D eigenvalue weighted by Gasteiger charge is -2.07. The average Bonchev–Trinajstić information content (AvgIpc) is 3.00. The van der Waals surface area contributed by atoms with Crippen LogP contribution in [0, 0.1) is 6.92 Å². The van der Waals surface area contributed by atoms with E-state index in [1.807, 2.05) is 17.9 Å². The fraction of sp³-hybridized carbons (Fsp3) is 0.353. The minimum Gasteiger partial charge on any atom is -0.346 e. The van der Waals surface area contributed by atoms with E-state index >= 15 is 0 Å². The molecule has 2 aromatic heterocycles. The van der Waals surface area contributed by atoms with Gasteiger partial charge >= 0.3 is 0 Å². The highest BCUT2D eigenvalue weighted by molar-refractivity contribution is 5.85. The topological polar surface area (TPSA) is 34.8 Å². The third-order valence-corrected chi connectivity index (χ3v) is 4.13. The van der Waals surface area contributed by atoms with E-state index in [4.69, 9.17) is 0 Å². The Bertz CT molecular complexity index is 712. The Balaban J connectivity index is 1.65. The second-order valence-electron chi connectivity index (χ2n) is 5.56. The fourth-order valence-corrected chi connectivity index (χ4v) is 2.91. The average molecular weight is 282 g/mol. The van der Waals surface area contributed by atoms with Gasteiger partial charge in [0.15, 0.2) is 0 Å². The molecule has 0 aliphatic rings. The number of nitrogens with one attached hydrogen (secondary N) is 1. The quantitative estimate of drug-likeness (QED) is 0.730. The lowest BCUT2D eigenvalue weighted by molar-refractivity contribution is 0.641. The Morgan fingerprint density at radius 2 is 1.95 bits per heavy atom. The van der Waals surface area contributed by atoms with Gasteiger partial charge in [-0.05, 0) is 24.6 Å². The third-order valence-electron chi connectivity index (χ3n) is 4.13. The molecule has 0 saturated heterocycles. The summed E-state index contributed by atoms with van der Waals surface area (Å²) in [6, 6.07) is 10.7. The first-order valence-electron chi connectivity index (χ1n) is 7.39. The van der Waals surface area contributed by atoms with Gasteiger partial charge in [0.25, 0.3) is 0 Å². The van der Waals surface area contributed by atoms with Crippen molar-refractivity contribution in [2.45, 2.75) is 19.9 Å². The maximum atomic E-state index is 4.40. The van der Waals surface area contributed by atoms with Crippen molar-refractivity contribution in [2.75, 3.05) is 6.54 Å². The molecular formula is C17H22N4. The van der Waals surface area contributed by atoms with Crippen LogP contribution < -0.4 is 5.32 Å². The SMILES string of the molecule is Cc1c(CNCCc2ccn(C)n2)n(C)c2ccccc12. The Morgan fingerprint density at radius 3 is 2.67 bits per heavy atom. The molecule has 1 aromatic carbocycles. The van der Waals surface area contributed by atoms with Gasteiger partial charge in [0, 0.05) is 56.4 Å². The van der Waals surface area contributed by atoms with Crippen LogP contribution >= 0.6 is 0 Å². The summed E-state index contributed by atoms with van der Waals surface area (Å²) in [4.78, 5) is 0. The Labute approximate surface area is 125 Å².